The highest BCUT2D eigenvalue weighted by atomic mass is 127. The Morgan fingerprint density at radius 3 is 2.34 bits per heavy atom. The van der Waals surface area contributed by atoms with Crippen LogP contribution in [0.15, 0.2) is 4.99 Å². The number of sulfonamides is 1. The number of nitrogens with one attached hydrogen (secondary N) is 2. The van der Waals surface area contributed by atoms with Gasteiger partial charge in [-0.05, 0) is 32.6 Å². The summed E-state index contributed by atoms with van der Waals surface area (Å²) in [5.41, 5.74) is 0. The van der Waals surface area contributed by atoms with Gasteiger partial charge in [0.2, 0.25) is 10.0 Å². The fraction of sp³-hybridized carbons (Fsp3) is 0.947. The standard InChI is InChI=1S/C19H37N5O2S2.HI/c1-2-20-19(21-9-16-28(25,26)24-12-14-27-15-13-24)22-17-7-10-23(11-8-17)18-5-3-4-6-18;/h17-18H,2-16H2,1H3,(H2,20,21,22);1H. The SMILES string of the molecule is CCNC(=NCCS(=O)(=O)N1CCSCC1)NC1CCN(C2CCCC2)CC1.I. The molecule has 0 bridgehead atoms. The molecule has 3 rings (SSSR count). The minimum Gasteiger partial charge on any atom is -0.357 e. The lowest BCUT2D eigenvalue weighted by molar-refractivity contribution is 0.150. The van der Waals surface area contributed by atoms with Gasteiger partial charge in [0.25, 0.3) is 0 Å². The van der Waals surface area contributed by atoms with E-state index in [1.807, 2.05) is 18.7 Å². The predicted octanol–water partition coefficient (Wildman–Crippen LogP) is 1.95. The van der Waals surface area contributed by atoms with Crippen molar-refractivity contribution in [2.45, 2.75) is 57.5 Å². The van der Waals surface area contributed by atoms with Gasteiger partial charge in [0.15, 0.2) is 5.96 Å². The lowest BCUT2D eigenvalue weighted by Crippen LogP contribution is -2.50. The number of guanidine groups is 1. The summed E-state index contributed by atoms with van der Waals surface area (Å²) in [4.78, 5) is 7.22. The molecule has 0 aromatic heterocycles. The topological polar surface area (TPSA) is 77.0 Å². The molecule has 0 amide bonds. The van der Waals surface area contributed by atoms with Crippen molar-refractivity contribution in [2.24, 2.45) is 4.99 Å². The van der Waals surface area contributed by atoms with Crippen LogP contribution >= 0.6 is 35.7 Å². The molecule has 1 aliphatic carbocycles. The Kier molecular flexibility index (Phi) is 11.4. The number of aliphatic imine (C=N–C) groups is 1. The molecule has 0 atom stereocenters. The van der Waals surface area contributed by atoms with Gasteiger partial charge in [-0.15, -0.1) is 24.0 Å². The first-order valence-corrected chi connectivity index (χ1v) is 13.7. The van der Waals surface area contributed by atoms with Gasteiger partial charge >= 0.3 is 0 Å². The molecule has 1 saturated carbocycles. The zero-order valence-electron chi connectivity index (χ0n) is 17.6. The van der Waals surface area contributed by atoms with Gasteiger partial charge in [0.1, 0.15) is 0 Å². The Labute approximate surface area is 198 Å². The molecule has 3 fully saturated rings. The fourth-order valence-corrected chi connectivity index (χ4v) is 6.87. The molecule has 7 nitrogen and oxygen atoms in total. The Morgan fingerprint density at radius 1 is 1.07 bits per heavy atom. The summed E-state index contributed by atoms with van der Waals surface area (Å²) in [5.74, 6) is 2.64. The summed E-state index contributed by atoms with van der Waals surface area (Å²) in [5, 5.41) is 6.81. The van der Waals surface area contributed by atoms with Gasteiger partial charge in [0, 0.05) is 56.3 Å². The van der Waals surface area contributed by atoms with Crippen LogP contribution in [0.2, 0.25) is 0 Å². The van der Waals surface area contributed by atoms with Crippen molar-refractivity contribution in [1.29, 1.82) is 0 Å². The molecule has 0 radical (unpaired) electrons. The van der Waals surface area contributed by atoms with E-state index in [2.05, 4.69) is 20.5 Å². The first kappa shape index (κ1) is 25.5. The maximum atomic E-state index is 12.5. The van der Waals surface area contributed by atoms with Crippen LogP contribution in [0, 0.1) is 0 Å². The van der Waals surface area contributed by atoms with Crippen LogP contribution in [0.4, 0.5) is 0 Å². The normalized spacial score (nSPS) is 23.7. The minimum absolute atomic E-state index is 0. The van der Waals surface area contributed by atoms with Crippen LogP contribution in [0.25, 0.3) is 0 Å². The van der Waals surface area contributed by atoms with Gasteiger partial charge in [-0.2, -0.15) is 11.8 Å². The summed E-state index contributed by atoms with van der Waals surface area (Å²) in [6.07, 6.45) is 7.77. The number of halogens is 1. The second kappa shape index (κ2) is 12.9. The third-order valence-electron chi connectivity index (χ3n) is 6.04. The van der Waals surface area contributed by atoms with Crippen molar-refractivity contribution in [3.63, 3.8) is 0 Å². The van der Waals surface area contributed by atoms with Gasteiger partial charge in [-0.25, -0.2) is 12.7 Å². The van der Waals surface area contributed by atoms with E-state index in [0.717, 1.165) is 56.0 Å². The van der Waals surface area contributed by atoms with Crippen molar-refractivity contribution in [1.82, 2.24) is 19.8 Å². The largest absolute Gasteiger partial charge is 0.357 e. The van der Waals surface area contributed by atoms with E-state index in [4.69, 9.17) is 0 Å². The van der Waals surface area contributed by atoms with E-state index in [1.54, 1.807) is 4.31 Å². The number of hydrogen-bond donors (Lipinski definition) is 2. The zero-order chi connectivity index (χ0) is 19.8. The molecule has 2 saturated heterocycles. The number of thioether (sulfide) groups is 1. The molecule has 0 unspecified atom stereocenters. The Hall–Kier alpha value is 0.220. The number of likely N-dealkylation sites (tertiary alicyclic amines) is 1. The van der Waals surface area contributed by atoms with E-state index >= 15 is 0 Å². The summed E-state index contributed by atoms with van der Waals surface area (Å²) in [7, 11) is -3.19. The van der Waals surface area contributed by atoms with Crippen LogP contribution in [0.3, 0.4) is 0 Å². The summed E-state index contributed by atoms with van der Waals surface area (Å²) in [6, 6.07) is 1.23. The van der Waals surface area contributed by atoms with Crippen molar-refractivity contribution < 1.29 is 8.42 Å². The smallest absolute Gasteiger partial charge is 0.215 e. The predicted molar refractivity (Wildman–Crippen MR) is 134 cm³/mol. The molecule has 2 heterocycles. The van der Waals surface area contributed by atoms with E-state index in [-0.39, 0.29) is 29.7 Å². The lowest BCUT2D eigenvalue weighted by atomic mass is 10.0. The average Bonchev–Trinajstić information content (AvgIpc) is 3.24. The van der Waals surface area contributed by atoms with Gasteiger partial charge < -0.3 is 15.5 Å². The van der Waals surface area contributed by atoms with E-state index < -0.39 is 10.0 Å². The van der Waals surface area contributed by atoms with Crippen LogP contribution < -0.4 is 10.6 Å². The average molecular weight is 560 g/mol. The van der Waals surface area contributed by atoms with Crippen molar-refractivity contribution in [3.05, 3.63) is 0 Å². The Balaban J connectivity index is 0.00000300. The van der Waals surface area contributed by atoms with Crippen LogP contribution in [-0.2, 0) is 10.0 Å². The van der Waals surface area contributed by atoms with Crippen LogP contribution in [0.1, 0.15) is 45.4 Å². The maximum Gasteiger partial charge on any atom is 0.215 e. The molecular weight excluding hydrogens is 521 g/mol. The van der Waals surface area contributed by atoms with Gasteiger partial charge in [0.05, 0.1) is 12.3 Å². The molecule has 170 valence electrons. The van der Waals surface area contributed by atoms with Crippen molar-refractivity contribution in [3.8, 4) is 0 Å². The summed E-state index contributed by atoms with van der Waals surface area (Å²) >= 11 is 1.82. The highest BCUT2D eigenvalue weighted by molar-refractivity contribution is 14.0. The quantitative estimate of drug-likeness (QED) is 0.282. The molecular formula is C19H38IN5O2S2. The first-order valence-electron chi connectivity index (χ1n) is 10.9. The molecule has 0 spiro atoms. The number of piperidine rings is 1. The molecule has 3 aliphatic rings. The molecule has 2 aliphatic heterocycles. The zero-order valence-corrected chi connectivity index (χ0v) is 21.6. The van der Waals surface area contributed by atoms with E-state index in [1.165, 1.54) is 25.7 Å². The van der Waals surface area contributed by atoms with Crippen molar-refractivity contribution in [2.75, 3.05) is 56.5 Å². The lowest BCUT2D eigenvalue weighted by Gasteiger charge is -2.36. The Bertz CT molecular complexity index is 600. The van der Waals surface area contributed by atoms with Crippen LogP contribution in [0.5, 0.6) is 0 Å². The van der Waals surface area contributed by atoms with Crippen molar-refractivity contribution >= 4 is 51.7 Å². The second-order valence-corrected chi connectivity index (χ2v) is 11.3. The highest BCUT2D eigenvalue weighted by Gasteiger charge is 2.27. The molecule has 0 aromatic carbocycles. The second-order valence-electron chi connectivity index (χ2n) is 7.98. The third-order valence-corrected chi connectivity index (χ3v) is 8.83. The van der Waals surface area contributed by atoms with Gasteiger partial charge in [-0.1, -0.05) is 12.8 Å². The molecule has 0 aromatic rings. The number of rotatable bonds is 7. The fourth-order valence-electron chi connectivity index (χ4n) is 4.42. The molecule has 10 heteroatoms. The number of hydrogen-bond acceptors (Lipinski definition) is 5. The monoisotopic (exact) mass is 559 g/mol. The third kappa shape index (κ3) is 8.01. The minimum atomic E-state index is -3.19. The highest BCUT2D eigenvalue weighted by Crippen LogP contribution is 2.26. The summed E-state index contributed by atoms with van der Waals surface area (Å²) in [6.45, 7) is 6.71. The summed E-state index contributed by atoms with van der Waals surface area (Å²) < 4.78 is 26.6. The Morgan fingerprint density at radius 2 is 1.72 bits per heavy atom. The van der Waals surface area contributed by atoms with Gasteiger partial charge in [-0.3, -0.25) is 4.99 Å². The molecule has 29 heavy (non-hydrogen) atoms. The first-order chi connectivity index (χ1) is 13.6. The number of nitrogens with zero attached hydrogens (tertiary/aromatic N) is 3. The molecule has 2 N–H and O–H groups in total. The van der Waals surface area contributed by atoms with E-state index in [9.17, 15) is 8.42 Å². The van der Waals surface area contributed by atoms with Crippen LogP contribution in [-0.4, -0.2) is 92.2 Å². The maximum absolute atomic E-state index is 12.5. The van der Waals surface area contributed by atoms with E-state index in [0.29, 0.717) is 25.7 Å².